The van der Waals surface area contributed by atoms with E-state index in [1.165, 1.54) is 11.2 Å². The van der Waals surface area contributed by atoms with E-state index in [0.717, 1.165) is 0 Å². The topological polar surface area (TPSA) is 84.7 Å². The highest BCUT2D eigenvalue weighted by Gasteiger charge is 2.23. The Morgan fingerprint density at radius 3 is 2.79 bits per heavy atom. The number of carbonyl (C=O) groups excluding carboxylic acids is 2. The molecule has 0 radical (unpaired) electrons. The van der Waals surface area contributed by atoms with Crippen LogP contribution >= 0.6 is 23.2 Å². The normalized spacial score (nSPS) is 13.1. The Balaban J connectivity index is 1.52. The third kappa shape index (κ3) is 3.42. The molecule has 142 valence electrons. The number of anilines is 2. The Bertz CT molecular complexity index is 1100. The number of halogens is 2. The second-order valence-corrected chi connectivity index (χ2v) is 6.86. The monoisotopic (exact) mass is 417 g/mol. The summed E-state index contributed by atoms with van der Waals surface area (Å²) < 4.78 is 10.8. The van der Waals surface area contributed by atoms with E-state index in [-0.39, 0.29) is 24.1 Å². The number of likely N-dealkylation sites (N-methyl/N-ethyl adjacent to an activating group) is 1. The molecule has 2 amide bonds. The van der Waals surface area contributed by atoms with Gasteiger partial charge in [-0.25, -0.2) is 4.98 Å². The van der Waals surface area contributed by atoms with Crippen LogP contribution < -0.4 is 15.0 Å². The summed E-state index contributed by atoms with van der Waals surface area (Å²) in [5.74, 6) is 0.172. The third-order valence-electron chi connectivity index (χ3n) is 4.21. The molecule has 0 spiro atoms. The minimum Gasteiger partial charge on any atom is -0.481 e. The number of benzene rings is 2. The first kappa shape index (κ1) is 18.3. The van der Waals surface area contributed by atoms with Crippen molar-refractivity contribution in [3.05, 3.63) is 58.4 Å². The van der Waals surface area contributed by atoms with Gasteiger partial charge in [0.1, 0.15) is 12.0 Å². The summed E-state index contributed by atoms with van der Waals surface area (Å²) in [4.78, 5) is 29.8. The summed E-state index contributed by atoms with van der Waals surface area (Å²) in [7, 11) is 1.67. The van der Waals surface area contributed by atoms with Crippen LogP contribution in [0.1, 0.15) is 10.5 Å². The first-order valence-corrected chi connectivity index (χ1v) is 8.93. The Morgan fingerprint density at radius 2 is 2.00 bits per heavy atom. The SMILES string of the molecule is CN1C(=O)COc2cc(NC(=O)c3coc(-c4ccc(Cl)c(Cl)c4)n3)ccc21. The van der Waals surface area contributed by atoms with E-state index < -0.39 is 5.91 Å². The molecule has 7 nitrogen and oxygen atoms in total. The number of rotatable bonds is 3. The molecule has 2 aromatic carbocycles. The Morgan fingerprint density at radius 1 is 1.18 bits per heavy atom. The summed E-state index contributed by atoms with van der Waals surface area (Å²) in [5.41, 5.74) is 1.85. The first-order valence-electron chi connectivity index (χ1n) is 8.18. The molecule has 28 heavy (non-hydrogen) atoms. The molecule has 1 aliphatic heterocycles. The molecule has 2 heterocycles. The van der Waals surface area contributed by atoms with Crippen LogP contribution in [0.5, 0.6) is 5.75 Å². The van der Waals surface area contributed by atoms with Gasteiger partial charge in [-0.2, -0.15) is 0 Å². The molecule has 0 saturated heterocycles. The molecule has 1 aliphatic rings. The van der Waals surface area contributed by atoms with Crippen LogP contribution in [0, 0.1) is 0 Å². The van der Waals surface area contributed by atoms with Crippen LogP contribution in [-0.4, -0.2) is 30.5 Å². The number of aromatic nitrogens is 1. The lowest BCUT2D eigenvalue weighted by Gasteiger charge is -2.26. The lowest BCUT2D eigenvalue weighted by molar-refractivity contribution is -0.120. The molecular formula is C19H13Cl2N3O4. The van der Waals surface area contributed by atoms with Gasteiger partial charge in [0.2, 0.25) is 5.89 Å². The number of hydrogen-bond acceptors (Lipinski definition) is 5. The summed E-state index contributed by atoms with van der Waals surface area (Å²) in [5, 5.41) is 3.50. The molecular weight excluding hydrogens is 405 g/mol. The van der Waals surface area contributed by atoms with Gasteiger partial charge in [0.05, 0.1) is 15.7 Å². The van der Waals surface area contributed by atoms with Crippen molar-refractivity contribution >= 4 is 46.4 Å². The van der Waals surface area contributed by atoms with Gasteiger partial charge in [0, 0.05) is 24.4 Å². The van der Waals surface area contributed by atoms with Crippen molar-refractivity contribution in [1.82, 2.24) is 4.98 Å². The predicted molar refractivity (Wildman–Crippen MR) is 105 cm³/mol. The van der Waals surface area contributed by atoms with Crippen LogP contribution in [-0.2, 0) is 4.79 Å². The molecule has 4 rings (SSSR count). The van der Waals surface area contributed by atoms with Gasteiger partial charge in [0.25, 0.3) is 11.8 Å². The van der Waals surface area contributed by atoms with E-state index in [0.29, 0.717) is 32.7 Å². The van der Waals surface area contributed by atoms with Crippen LogP contribution in [0.4, 0.5) is 11.4 Å². The largest absolute Gasteiger partial charge is 0.481 e. The highest BCUT2D eigenvalue weighted by molar-refractivity contribution is 6.42. The molecule has 0 aliphatic carbocycles. The van der Waals surface area contributed by atoms with Gasteiger partial charge in [-0.15, -0.1) is 0 Å². The van der Waals surface area contributed by atoms with Crippen LogP contribution in [0.2, 0.25) is 10.0 Å². The quantitative estimate of drug-likeness (QED) is 0.687. The Labute approximate surface area is 169 Å². The van der Waals surface area contributed by atoms with Gasteiger partial charge in [-0.1, -0.05) is 23.2 Å². The Hall–Kier alpha value is -3.03. The van der Waals surface area contributed by atoms with Crippen molar-refractivity contribution in [3.8, 4) is 17.2 Å². The standard InChI is InChI=1S/C19H13Cl2N3O4/c1-24-15-5-3-11(7-16(15)27-9-17(24)25)22-18(26)14-8-28-19(23-14)10-2-4-12(20)13(21)6-10/h2-8H,9H2,1H3,(H,22,26). The van der Waals surface area contributed by atoms with Gasteiger partial charge < -0.3 is 19.4 Å². The van der Waals surface area contributed by atoms with Crippen molar-refractivity contribution in [3.63, 3.8) is 0 Å². The number of carbonyl (C=O) groups is 2. The number of fused-ring (bicyclic) bond motifs is 1. The van der Waals surface area contributed by atoms with E-state index >= 15 is 0 Å². The number of hydrogen-bond donors (Lipinski definition) is 1. The maximum Gasteiger partial charge on any atom is 0.277 e. The highest BCUT2D eigenvalue weighted by Crippen LogP contribution is 2.34. The fourth-order valence-electron chi connectivity index (χ4n) is 2.69. The van der Waals surface area contributed by atoms with Gasteiger partial charge in [-0.3, -0.25) is 9.59 Å². The molecule has 0 bridgehead atoms. The van der Waals surface area contributed by atoms with Gasteiger partial charge >= 0.3 is 0 Å². The average molecular weight is 418 g/mol. The smallest absolute Gasteiger partial charge is 0.277 e. The lowest BCUT2D eigenvalue weighted by Crippen LogP contribution is -2.35. The number of amides is 2. The van der Waals surface area contributed by atoms with Crippen LogP contribution in [0.15, 0.2) is 47.1 Å². The number of oxazole rings is 1. The molecule has 1 N–H and O–H groups in total. The number of ether oxygens (including phenoxy) is 1. The summed E-state index contributed by atoms with van der Waals surface area (Å²) in [6.07, 6.45) is 1.26. The first-order chi connectivity index (χ1) is 13.4. The zero-order valence-electron chi connectivity index (χ0n) is 14.5. The average Bonchev–Trinajstić information content (AvgIpc) is 3.17. The van der Waals surface area contributed by atoms with E-state index in [4.69, 9.17) is 32.4 Å². The number of nitrogens with zero attached hydrogens (tertiary/aromatic N) is 2. The molecule has 1 aromatic heterocycles. The highest BCUT2D eigenvalue weighted by atomic mass is 35.5. The molecule has 9 heteroatoms. The summed E-state index contributed by atoms with van der Waals surface area (Å²) in [6, 6.07) is 9.95. The fourth-order valence-corrected chi connectivity index (χ4v) is 2.99. The maximum atomic E-state index is 12.5. The molecule has 0 fully saturated rings. The predicted octanol–water partition coefficient (Wildman–Crippen LogP) is 4.26. The molecule has 0 unspecified atom stereocenters. The van der Waals surface area contributed by atoms with Gasteiger partial charge in [0.15, 0.2) is 12.3 Å². The zero-order chi connectivity index (χ0) is 19.8. The Kier molecular flexibility index (Phi) is 4.70. The van der Waals surface area contributed by atoms with E-state index in [9.17, 15) is 9.59 Å². The van der Waals surface area contributed by atoms with E-state index in [2.05, 4.69) is 10.3 Å². The van der Waals surface area contributed by atoms with Gasteiger partial charge in [-0.05, 0) is 30.3 Å². The minimum absolute atomic E-state index is 0.0444. The lowest BCUT2D eigenvalue weighted by atomic mass is 10.2. The zero-order valence-corrected chi connectivity index (χ0v) is 16.0. The summed E-state index contributed by atoms with van der Waals surface area (Å²) >= 11 is 11.9. The summed E-state index contributed by atoms with van der Waals surface area (Å²) in [6.45, 7) is -0.0444. The van der Waals surface area contributed by atoms with E-state index in [1.807, 2.05) is 0 Å². The molecule has 0 saturated carbocycles. The number of nitrogens with one attached hydrogen (secondary N) is 1. The third-order valence-corrected chi connectivity index (χ3v) is 4.95. The fraction of sp³-hybridized carbons (Fsp3) is 0.105. The maximum absolute atomic E-state index is 12.5. The van der Waals surface area contributed by atoms with Crippen LogP contribution in [0.25, 0.3) is 11.5 Å². The van der Waals surface area contributed by atoms with E-state index in [1.54, 1.807) is 43.4 Å². The second kappa shape index (κ2) is 7.18. The van der Waals surface area contributed by atoms with Crippen LogP contribution in [0.3, 0.4) is 0 Å². The van der Waals surface area contributed by atoms with Crippen molar-refractivity contribution in [2.75, 3.05) is 23.9 Å². The molecule has 0 atom stereocenters. The van der Waals surface area contributed by atoms with Crippen molar-refractivity contribution in [2.45, 2.75) is 0 Å². The minimum atomic E-state index is -0.449. The van der Waals surface area contributed by atoms with Crippen molar-refractivity contribution < 1.29 is 18.7 Å². The second-order valence-electron chi connectivity index (χ2n) is 6.04. The van der Waals surface area contributed by atoms with Crippen molar-refractivity contribution in [2.24, 2.45) is 0 Å². The molecule has 3 aromatic rings. The van der Waals surface area contributed by atoms with Crippen molar-refractivity contribution in [1.29, 1.82) is 0 Å².